The van der Waals surface area contributed by atoms with E-state index in [0.29, 0.717) is 6.42 Å². The fraction of sp³-hybridized carbons (Fsp3) is 0.708. The highest BCUT2D eigenvalue weighted by Crippen LogP contribution is 2.36. The highest BCUT2D eigenvalue weighted by Gasteiger charge is 2.51. The second-order valence-corrected chi connectivity index (χ2v) is 10.3. The number of rotatable bonds is 5. The van der Waals surface area contributed by atoms with Gasteiger partial charge in [0.1, 0.15) is 17.2 Å². The van der Waals surface area contributed by atoms with E-state index >= 15 is 0 Å². The fourth-order valence-electron chi connectivity index (χ4n) is 3.77. The number of hydrogen-bond acceptors (Lipinski definition) is 5. The number of carbonyl (C=O) groups is 3. The van der Waals surface area contributed by atoms with Crippen LogP contribution in [0.2, 0.25) is 0 Å². The Balaban J connectivity index is 3.55. The number of allylic oxidation sites excluding steroid dienone is 2. The molecule has 0 aromatic heterocycles. The Morgan fingerprint density at radius 1 is 1.00 bits per heavy atom. The zero-order valence-corrected chi connectivity index (χ0v) is 20.7. The van der Waals surface area contributed by atoms with Gasteiger partial charge in [0.2, 0.25) is 5.91 Å². The average molecular weight is 437 g/mol. The van der Waals surface area contributed by atoms with Crippen LogP contribution in [0.4, 0.5) is 4.79 Å². The second-order valence-electron chi connectivity index (χ2n) is 10.3. The molecule has 0 saturated carbocycles. The Morgan fingerprint density at radius 3 is 1.97 bits per heavy atom. The Morgan fingerprint density at radius 2 is 1.55 bits per heavy atom. The maximum Gasteiger partial charge on any atom is 0.411 e. The molecule has 0 aromatic carbocycles. The molecule has 1 rings (SSSR count). The molecule has 1 heterocycles. The molecule has 0 unspecified atom stereocenters. The highest BCUT2D eigenvalue weighted by atomic mass is 16.6. The summed E-state index contributed by atoms with van der Waals surface area (Å²) in [4.78, 5) is 39.9. The molecule has 31 heavy (non-hydrogen) atoms. The molecule has 2 amide bonds. The lowest BCUT2D eigenvalue weighted by molar-refractivity contribution is -0.160. The number of likely N-dealkylation sites (tertiary alicyclic amines) is 1. The lowest BCUT2D eigenvalue weighted by Gasteiger charge is -2.36. The van der Waals surface area contributed by atoms with Crippen LogP contribution in [0.3, 0.4) is 0 Å². The zero-order chi connectivity index (χ0) is 24.1. The first-order valence-electron chi connectivity index (χ1n) is 10.8. The number of amides is 2. The quantitative estimate of drug-likeness (QED) is 0.511. The van der Waals surface area contributed by atoms with Gasteiger partial charge in [-0.15, -0.1) is 0 Å². The third-order valence-corrected chi connectivity index (χ3v) is 4.56. The van der Waals surface area contributed by atoms with Crippen LogP contribution in [0.15, 0.2) is 23.8 Å². The number of esters is 1. The van der Waals surface area contributed by atoms with Crippen LogP contribution in [0.25, 0.3) is 0 Å². The summed E-state index contributed by atoms with van der Waals surface area (Å²) in [5.41, 5.74) is -0.441. The molecule has 4 atom stereocenters. The molecule has 0 bridgehead atoms. The van der Waals surface area contributed by atoms with E-state index < -0.39 is 41.4 Å². The van der Waals surface area contributed by atoms with Crippen molar-refractivity contribution in [2.24, 2.45) is 5.92 Å². The number of carbonyl (C=O) groups excluding carboxylic acids is 3. The van der Waals surface area contributed by atoms with E-state index in [1.807, 2.05) is 39.0 Å². The first-order chi connectivity index (χ1) is 14.1. The predicted octanol–water partition coefficient (Wildman–Crippen LogP) is 4.37. The van der Waals surface area contributed by atoms with Crippen LogP contribution >= 0.6 is 0 Å². The third kappa shape index (κ3) is 8.38. The third-order valence-electron chi connectivity index (χ3n) is 4.56. The van der Waals surface area contributed by atoms with Crippen molar-refractivity contribution in [2.75, 3.05) is 0 Å². The Hall–Kier alpha value is -2.31. The summed E-state index contributed by atoms with van der Waals surface area (Å²) in [6.07, 6.45) is 5.57. The van der Waals surface area contributed by atoms with Gasteiger partial charge in [-0.1, -0.05) is 23.8 Å². The lowest BCUT2D eigenvalue weighted by Crippen LogP contribution is -2.56. The van der Waals surface area contributed by atoms with Gasteiger partial charge in [-0.25, -0.2) is 9.59 Å². The molecule has 0 aliphatic carbocycles. The molecule has 0 spiro atoms. The molecule has 7 heteroatoms. The predicted molar refractivity (Wildman–Crippen MR) is 121 cm³/mol. The minimum absolute atomic E-state index is 0.164. The molecular formula is C24H40N2O5. The van der Waals surface area contributed by atoms with E-state index in [0.717, 1.165) is 5.57 Å². The van der Waals surface area contributed by atoms with Gasteiger partial charge in [0.15, 0.2) is 0 Å². The minimum atomic E-state index is -0.818. The van der Waals surface area contributed by atoms with Gasteiger partial charge in [0.05, 0.1) is 12.1 Å². The van der Waals surface area contributed by atoms with Gasteiger partial charge in [-0.2, -0.15) is 0 Å². The van der Waals surface area contributed by atoms with Crippen molar-refractivity contribution in [3.05, 3.63) is 23.8 Å². The van der Waals surface area contributed by atoms with E-state index in [1.54, 1.807) is 41.5 Å². The van der Waals surface area contributed by atoms with Crippen molar-refractivity contribution in [1.82, 2.24) is 10.2 Å². The molecule has 0 radical (unpaired) electrons. The maximum absolute atomic E-state index is 13.3. The molecule has 1 fully saturated rings. The largest absolute Gasteiger partial charge is 0.458 e. The van der Waals surface area contributed by atoms with Crippen LogP contribution in [0.5, 0.6) is 0 Å². The molecule has 176 valence electrons. The van der Waals surface area contributed by atoms with E-state index in [2.05, 4.69) is 5.32 Å². The van der Waals surface area contributed by atoms with Gasteiger partial charge < -0.3 is 14.8 Å². The zero-order valence-electron chi connectivity index (χ0n) is 20.7. The summed E-state index contributed by atoms with van der Waals surface area (Å²) < 4.78 is 11.3. The molecular weight excluding hydrogens is 396 g/mol. The van der Waals surface area contributed by atoms with Crippen LogP contribution in [-0.4, -0.2) is 52.2 Å². The van der Waals surface area contributed by atoms with Crippen molar-refractivity contribution in [3.63, 3.8) is 0 Å². The van der Waals surface area contributed by atoms with E-state index in [9.17, 15) is 14.4 Å². The second kappa shape index (κ2) is 10.3. The summed E-state index contributed by atoms with van der Waals surface area (Å²) in [7, 11) is 0. The molecule has 1 N–H and O–H groups in total. The number of ether oxygens (including phenoxy) is 2. The Labute approximate surface area is 187 Å². The summed E-state index contributed by atoms with van der Waals surface area (Å²) in [5.74, 6) is -0.858. The van der Waals surface area contributed by atoms with Crippen LogP contribution in [0.1, 0.15) is 75.7 Å². The van der Waals surface area contributed by atoms with Crippen molar-refractivity contribution < 1.29 is 23.9 Å². The van der Waals surface area contributed by atoms with Gasteiger partial charge in [-0.3, -0.25) is 9.69 Å². The standard InChI is InChI=1S/C24H40N2O5/c1-11-12-17-14-19(21(28)30-23(5,6)7)26(22(29)31-24(8,9)10)20(17)18(13-15(2)3)25-16(4)27/h11-13,17-20H,14H2,1-10H3,(H,25,27)/t17-,18+,19+,20-/m1/s1. The summed E-state index contributed by atoms with van der Waals surface area (Å²) >= 11 is 0. The van der Waals surface area contributed by atoms with Crippen molar-refractivity contribution in [3.8, 4) is 0 Å². The van der Waals surface area contributed by atoms with Crippen LogP contribution in [-0.2, 0) is 19.1 Å². The van der Waals surface area contributed by atoms with E-state index in [1.165, 1.54) is 11.8 Å². The lowest BCUT2D eigenvalue weighted by atomic mass is 9.91. The summed E-state index contributed by atoms with van der Waals surface area (Å²) in [6.45, 7) is 17.9. The maximum atomic E-state index is 13.3. The van der Waals surface area contributed by atoms with Crippen molar-refractivity contribution >= 4 is 18.0 Å². The summed E-state index contributed by atoms with van der Waals surface area (Å²) in [6, 6.07) is -1.80. The van der Waals surface area contributed by atoms with Gasteiger partial charge in [0.25, 0.3) is 0 Å². The average Bonchev–Trinajstić information content (AvgIpc) is 2.90. The molecule has 1 saturated heterocycles. The van der Waals surface area contributed by atoms with Gasteiger partial charge in [-0.05, 0) is 68.7 Å². The van der Waals surface area contributed by atoms with E-state index in [4.69, 9.17) is 9.47 Å². The smallest absolute Gasteiger partial charge is 0.411 e. The number of hydrogen-bond donors (Lipinski definition) is 1. The molecule has 1 aliphatic rings. The number of nitrogens with one attached hydrogen (secondary N) is 1. The van der Waals surface area contributed by atoms with Crippen molar-refractivity contribution in [1.29, 1.82) is 0 Å². The minimum Gasteiger partial charge on any atom is -0.458 e. The first-order valence-corrected chi connectivity index (χ1v) is 10.8. The molecule has 0 aromatic rings. The Kier molecular flexibility index (Phi) is 8.91. The normalized spacial score (nSPS) is 22.8. The SMILES string of the molecule is CC=C[C@@H]1C[C@@H](C(=O)OC(C)(C)C)N(C(=O)OC(C)(C)C)[C@H]1[C@H](C=C(C)C)NC(C)=O. The number of nitrogens with zero attached hydrogens (tertiary/aromatic N) is 1. The summed E-state index contributed by atoms with van der Waals surface area (Å²) in [5, 5.41) is 2.95. The Bertz CT molecular complexity index is 723. The molecule has 7 nitrogen and oxygen atoms in total. The van der Waals surface area contributed by atoms with Gasteiger partial charge >= 0.3 is 12.1 Å². The highest BCUT2D eigenvalue weighted by molar-refractivity contribution is 5.83. The van der Waals surface area contributed by atoms with Crippen LogP contribution < -0.4 is 5.32 Å². The first kappa shape index (κ1) is 26.7. The molecule has 1 aliphatic heterocycles. The van der Waals surface area contributed by atoms with E-state index in [-0.39, 0.29) is 11.8 Å². The monoisotopic (exact) mass is 436 g/mol. The topological polar surface area (TPSA) is 84.9 Å². The van der Waals surface area contributed by atoms with Crippen molar-refractivity contribution in [2.45, 2.75) is 105 Å². The van der Waals surface area contributed by atoms with Crippen LogP contribution in [0, 0.1) is 5.92 Å². The van der Waals surface area contributed by atoms with Gasteiger partial charge in [0, 0.05) is 12.8 Å². The fourth-order valence-corrected chi connectivity index (χ4v) is 3.77.